The molecule has 0 amide bonds. The average molecular weight is 346 g/mol. The van der Waals surface area contributed by atoms with E-state index >= 15 is 0 Å². The van der Waals surface area contributed by atoms with Crippen molar-refractivity contribution in [3.8, 4) is 22.9 Å². The van der Waals surface area contributed by atoms with Gasteiger partial charge in [0.25, 0.3) is 0 Å². The van der Waals surface area contributed by atoms with Crippen molar-refractivity contribution in [2.24, 2.45) is 0 Å². The topological polar surface area (TPSA) is 75.3 Å². The second-order valence-electron chi connectivity index (χ2n) is 6.61. The normalized spacial score (nSPS) is 13.0. The number of ether oxygens (including phenoxy) is 1. The van der Waals surface area contributed by atoms with E-state index in [1.807, 2.05) is 19.9 Å². The second kappa shape index (κ2) is 6.23. The molecule has 0 atom stereocenters. The van der Waals surface area contributed by atoms with E-state index in [4.69, 9.17) is 14.4 Å². The smallest absolute Gasteiger partial charge is 0.200 e. The largest absolute Gasteiger partial charge is 0.486 e. The standard InChI is InChI=1S/C21H18N2O3/c1-12(2)19-17(14-5-3-13(11-22)4-6-14)18(24)15-7-8-16-21(20(15)26-19)25-10-9-23-16/h3-8,12,23H,9-10H2,1-2H3. The van der Waals surface area contributed by atoms with E-state index in [0.29, 0.717) is 40.2 Å². The maximum absolute atomic E-state index is 13.3. The highest BCUT2D eigenvalue weighted by Crippen LogP contribution is 2.38. The number of nitrogens with zero attached hydrogens (tertiary/aromatic N) is 1. The average Bonchev–Trinajstić information content (AvgIpc) is 2.67. The minimum absolute atomic E-state index is 0.0187. The zero-order valence-corrected chi connectivity index (χ0v) is 14.6. The summed E-state index contributed by atoms with van der Waals surface area (Å²) in [6.07, 6.45) is 0. The fraction of sp³-hybridized carbons (Fsp3) is 0.238. The molecule has 0 fully saturated rings. The summed E-state index contributed by atoms with van der Waals surface area (Å²) in [7, 11) is 0. The Morgan fingerprint density at radius 1 is 1.15 bits per heavy atom. The van der Waals surface area contributed by atoms with Crippen molar-refractivity contribution in [3.05, 3.63) is 57.9 Å². The molecule has 1 N–H and O–H groups in total. The summed E-state index contributed by atoms with van der Waals surface area (Å²) in [6.45, 7) is 5.24. The SMILES string of the molecule is CC(C)c1oc2c3c(ccc2c(=O)c1-c1ccc(C#N)cc1)NCCO3. The van der Waals surface area contributed by atoms with Gasteiger partial charge in [-0.05, 0) is 29.8 Å². The van der Waals surface area contributed by atoms with Crippen LogP contribution in [0.5, 0.6) is 5.75 Å². The van der Waals surface area contributed by atoms with Gasteiger partial charge >= 0.3 is 0 Å². The lowest BCUT2D eigenvalue weighted by molar-refractivity contribution is 0.320. The fourth-order valence-electron chi connectivity index (χ4n) is 3.26. The molecule has 26 heavy (non-hydrogen) atoms. The third-order valence-corrected chi connectivity index (χ3v) is 4.53. The summed E-state index contributed by atoms with van der Waals surface area (Å²) in [4.78, 5) is 13.3. The number of anilines is 1. The summed E-state index contributed by atoms with van der Waals surface area (Å²) in [6, 6.07) is 12.7. The van der Waals surface area contributed by atoms with Gasteiger partial charge in [0.15, 0.2) is 11.3 Å². The van der Waals surface area contributed by atoms with Crippen LogP contribution in [0.15, 0.2) is 45.6 Å². The van der Waals surface area contributed by atoms with Gasteiger partial charge in [0.05, 0.1) is 28.3 Å². The van der Waals surface area contributed by atoms with Crippen molar-refractivity contribution in [1.29, 1.82) is 5.26 Å². The summed E-state index contributed by atoms with van der Waals surface area (Å²) in [5.74, 6) is 1.24. The third kappa shape index (κ3) is 2.51. The molecule has 0 saturated heterocycles. The maximum atomic E-state index is 13.3. The molecule has 0 bridgehead atoms. The van der Waals surface area contributed by atoms with Crippen molar-refractivity contribution >= 4 is 16.7 Å². The molecule has 4 rings (SSSR count). The zero-order valence-electron chi connectivity index (χ0n) is 14.6. The van der Waals surface area contributed by atoms with Crippen LogP contribution in [0.2, 0.25) is 0 Å². The maximum Gasteiger partial charge on any atom is 0.200 e. The minimum Gasteiger partial charge on any atom is -0.486 e. The van der Waals surface area contributed by atoms with E-state index in [1.165, 1.54) is 0 Å². The van der Waals surface area contributed by atoms with Gasteiger partial charge in [0.2, 0.25) is 5.43 Å². The monoisotopic (exact) mass is 346 g/mol. The quantitative estimate of drug-likeness (QED) is 0.750. The number of benzene rings is 2. The number of nitrogens with one attached hydrogen (secondary N) is 1. The number of hydrogen-bond donors (Lipinski definition) is 1. The van der Waals surface area contributed by atoms with Gasteiger partial charge in [0.1, 0.15) is 12.4 Å². The van der Waals surface area contributed by atoms with E-state index in [0.717, 1.165) is 17.8 Å². The molecule has 0 unspecified atom stereocenters. The van der Waals surface area contributed by atoms with E-state index in [1.54, 1.807) is 30.3 Å². The van der Waals surface area contributed by atoms with E-state index in [-0.39, 0.29) is 11.3 Å². The molecule has 2 aromatic carbocycles. The van der Waals surface area contributed by atoms with Crippen LogP contribution >= 0.6 is 0 Å². The van der Waals surface area contributed by atoms with Crippen LogP contribution in [-0.4, -0.2) is 13.2 Å². The molecular formula is C21H18N2O3. The Hall–Kier alpha value is -3.26. The Balaban J connectivity index is 2.03. The lowest BCUT2D eigenvalue weighted by Gasteiger charge is -2.21. The van der Waals surface area contributed by atoms with Crippen molar-refractivity contribution < 1.29 is 9.15 Å². The van der Waals surface area contributed by atoms with Gasteiger partial charge in [-0.2, -0.15) is 5.26 Å². The lowest BCUT2D eigenvalue weighted by atomic mass is 9.96. The van der Waals surface area contributed by atoms with Crippen LogP contribution in [0, 0.1) is 11.3 Å². The van der Waals surface area contributed by atoms with Crippen molar-refractivity contribution in [2.75, 3.05) is 18.5 Å². The van der Waals surface area contributed by atoms with Gasteiger partial charge in [-0.15, -0.1) is 0 Å². The van der Waals surface area contributed by atoms with Crippen molar-refractivity contribution in [3.63, 3.8) is 0 Å². The number of rotatable bonds is 2. The molecule has 0 radical (unpaired) electrons. The van der Waals surface area contributed by atoms with E-state index in [2.05, 4.69) is 11.4 Å². The predicted octanol–water partition coefficient (Wildman–Crippen LogP) is 4.26. The first-order chi connectivity index (χ1) is 12.6. The highest BCUT2D eigenvalue weighted by molar-refractivity contribution is 5.91. The molecule has 1 aliphatic rings. The Labute approximate surface area is 150 Å². The van der Waals surface area contributed by atoms with Crippen LogP contribution in [0.25, 0.3) is 22.1 Å². The van der Waals surface area contributed by atoms with Crippen LogP contribution < -0.4 is 15.5 Å². The highest BCUT2D eigenvalue weighted by Gasteiger charge is 2.23. The Morgan fingerprint density at radius 2 is 1.92 bits per heavy atom. The molecule has 5 nitrogen and oxygen atoms in total. The first-order valence-corrected chi connectivity index (χ1v) is 8.61. The molecule has 130 valence electrons. The van der Waals surface area contributed by atoms with Crippen molar-refractivity contribution in [1.82, 2.24) is 0 Å². The molecule has 2 heterocycles. The summed E-state index contributed by atoms with van der Waals surface area (Å²) >= 11 is 0. The zero-order chi connectivity index (χ0) is 18.3. The van der Waals surface area contributed by atoms with Crippen LogP contribution in [0.4, 0.5) is 5.69 Å². The Bertz CT molecular complexity index is 1090. The summed E-state index contributed by atoms with van der Waals surface area (Å²) < 4.78 is 12.0. The first-order valence-electron chi connectivity index (χ1n) is 8.61. The molecule has 0 saturated carbocycles. The fourth-order valence-corrected chi connectivity index (χ4v) is 3.26. The summed E-state index contributed by atoms with van der Waals surface area (Å²) in [5, 5.41) is 12.8. The lowest BCUT2D eigenvalue weighted by Crippen LogP contribution is -2.19. The minimum atomic E-state index is -0.0865. The Kier molecular flexibility index (Phi) is 3.89. The first kappa shape index (κ1) is 16.2. The van der Waals surface area contributed by atoms with Crippen LogP contribution in [0.3, 0.4) is 0 Å². The highest BCUT2D eigenvalue weighted by atomic mass is 16.5. The van der Waals surface area contributed by atoms with Crippen LogP contribution in [0.1, 0.15) is 31.1 Å². The number of nitriles is 1. The van der Waals surface area contributed by atoms with Gasteiger partial charge in [-0.3, -0.25) is 4.79 Å². The number of hydrogen-bond acceptors (Lipinski definition) is 5. The van der Waals surface area contributed by atoms with Crippen molar-refractivity contribution in [2.45, 2.75) is 19.8 Å². The van der Waals surface area contributed by atoms with Crippen LogP contribution in [-0.2, 0) is 0 Å². The summed E-state index contributed by atoms with van der Waals surface area (Å²) in [5.41, 5.74) is 3.09. The Morgan fingerprint density at radius 3 is 2.62 bits per heavy atom. The number of fused-ring (bicyclic) bond motifs is 3. The van der Waals surface area contributed by atoms with E-state index in [9.17, 15) is 4.79 Å². The van der Waals surface area contributed by atoms with Gasteiger partial charge in [0, 0.05) is 12.5 Å². The predicted molar refractivity (Wildman–Crippen MR) is 101 cm³/mol. The molecular weight excluding hydrogens is 328 g/mol. The molecule has 1 aromatic heterocycles. The van der Waals surface area contributed by atoms with Gasteiger partial charge in [-0.25, -0.2) is 0 Å². The molecule has 3 aromatic rings. The van der Waals surface area contributed by atoms with Gasteiger partial charge in [-0.1, -0.05) is 26.0 Å². The molecule has 5 heteroatoms. The molecule has 0 spiro atoms. The second-order valence-corrected chi connectivity index (χ2v) is 6.61. The molecule has 1 aliphatic heterocycles. The van der Waals surface area contributed by atoms with E-state index < -0.39 is 0 Å². The third-order valence-electron chi connectivity index (χ3n) is 4.53. The molecule has 0 aliphatic carbocycles. The van der Waals surface area contributed by atoms with Gasteiger partial charge < -0.3 is 14.5 Å².